The lowest BCUT2D eigenvalue weighted by Gasteiger charge is -2.23. The minimum atomic E-state index is 0.881. The quantitative estimate of drug-likeness (QED) is 0.792. The van der Waals surface area contributed by atoms with Crippen LogP contribution >= 0.6 is 0 Å². The Labute approximate surface area is 89.7 Å². The lowest BCUT2D eigenvalue weighted by molar-refractivity contribution is 0.310. The molecule has 0 radical (unpaired) electrons. The Kier molecular flexibility index (Phi) is 2.01. The molecule has 1 aromatic heterocycles. The molecule has 15 heavy (non-hydrogen) atoms. The van der Waals surface area contributed by atoms with Crippen molar-refractivity contribution in [3.05, 3.63) is 29.6 Å². The zero-order valence-electron chi connectivity index (χ0n) is 9.09. The molecule has 0 bridgehead atoms. The average molecular weight is 200 g/mol. The molecular formula is C13H16N2. The van der Waals surface area contributed by atoms with Crippen LogP contribution < -0.4 is 0 Å². The van der Waals surface area contributed by atoms with Gasteiger partial charge in [0.05, 0.1) is 11.0 Å². The summed E-state index contributed by atoms with van der Waals surface area (Å²) in [6.45, 7) is 2.12. The molecule has 0 atom stereocenters. The summed E-state index contributed by atoms with van der Waals surface area (Å²) < 4.78 is 0. The van der Waals surface area contributed by atoms with Gasteiger partial charge >= 0.3 is 0 Å². The molecule has 1 saturated carbocycles. The van der Waals surface area contributed by atoms with Crippen LogP contribution in [0, 0.1) is 12.8 Å². The summed E-state index contributed by atoms with van der Waals surface area (Å²) in [7, 11) is 0. The fourth-order valence-corrected chi connectivity index (χ4v) is 2.24. The maximum Gasteiger partial charge on any atom is 0.107 e. The fraction of sp³-hybridized carbons (Fsp3) is 0.462. The van der Waals surface area contributed by atoms with E-state index in [0.29, 0.717) is 0 Å². The highest BCUT2D eigenvalue weighted by molar-refractivity contribution is 5.75. The first-order valence-electron chi connectivity index (χ1n) is 5.76. The third-order valence-corrected chi connectivity index (χ3v) is 3.39. The number of aromatic amines is 1. The lowest BCUT2D eigenvalue weighted by Crippen LogP contribution is -2.14. The summed E-state index contributed by atoms with van der Waals surface area (Å²) in [4.78, 5) is 8.04. The van der Waals surface area contributed by atoms with Crippen LogP contribution in [0.3, 0.4) is 0 Å². The lowest BCUT2D eigenvalue weighted by atomic mass is 9.83. The van der Waals surface area contributed by atoms with Gasteiger partial charge in [0.1, 0.15) is 5.82 Å². The molecule has 1 aliphatic rings. The van der Waals surface area contributed by atoms with Crippen molar-refractivity contribution in [3.8, 4) is 0 Å². The standard InChI is InChI=1S/C13H16N2/c1-9-5-6-11-12(7-9)15-13(14-11)8-10-3-2-4-10/h5-7,10H,2-4,8H2,1H3,(H,14,15). The highest BCUT2D eigenvalue weighted by Gasteiger charge is 2.19. The van der Waals surface area contributed by atoms with Gasteiger partial charge in [-0.15, -0.1) is 0 Å². The van der Waals surface area contributed by atoms with Crippen molar-refractivity contribution in [1.82, 2.24) is 9.97 Å². The molecule has 1 aliphatic carbocycles. The number of aromatic nitrogens is 2. The van der Waals surface area contributed by atoms with Gasteiger partial charge in [-0.05, 0) is 30.5 Å². The number of aryl methyl sites for hydroxylation is 1. The van der Waals surface area contributed by atoms with Gasteiger partial charge in [0, 0.05) is 6.42 Å². The summed E-state index contributed by atoms with van der Waals surface area (Å²) in [6, 6.07) is 6.40. The predicted octanol–water partition coefficient (Wildman–Crippen LogP) is 3.21. The van der Waals surface area contributed by atoms with E-state index in [0.717, 1.165) is 17.9 Å². The monoisotopic (exact) mass is 200 g/mol. The zero-order valence-corrected chi connectivity index (χ0v) is 9.09. The molecule has 1 aromatic carbocycles. The molecule has 78 valence electrons. The molecule has 1 fully saturated rings. The molecule has 0 spiro atoms. The summed E-state index contributed by atoms with van der Waals surface area (Å²) >= 11 is 0. The number of benzene rings is 1. The molecule has 0 aliphatic heterocycles. The Balaban J connectivity index is 1.91. The van der Waals surface area contributed by atoms with Crippen LogP contribution in [0.4, 0.5) is 0 Å². The van der Waals surface area contributed by atoms with Gasteiger partial charge in [-0.3, -0.25) is 0 Å². The van der Waals surface area contributed by atoms with Gasteiger partial charge in [-0.2, -0.15) is 0 Å². The van der Waals surface area contributed by atoms with E-state index in [-0.39, 0.29) is 0 Å². The molecule has 0 saturated heterocycles. The van der Waals surface area contributed by atoms with E-state index < -0.39 is 0 Å². The van der Waals surface area contributed by atoms with Crippen LogP contribution in [-0.4, -0.2) is 9.97 Å². The van der Waals surface area contributed by atoms with Gasteiger partial charge in [-0.1, -0.05) is 25.3 Å². The molecular weight excluding hydrogens is 184 g/mol. The largest absolute Gasteiger partial charge is 0.342 e. The predicted molar refractivity (Wildman–Crippen MR) is 61.9 cm³/mol. The van der Waals surface area contributed by atoms with Crippen molar-refractivity contribution >= 4 is 11.0 Å². The number of imidazole rings is 1. The van der Waals surface area contributed by atoms with Gasteiger partial charge in [0.25, 0.3) is 0 Å². The van der Waals surface area contributed by atoms with Crippen LogP contribution in [0.25, 0.3) is 11.0 Å². The first kappa shape index (κ1) is 8.96. The number of hydrogen-bond donors (Lipinski definition) is 1. The Morgan fingerprint density at radius 1 is 1.40 bits per heavy atom. The highest BCUT2D eigenvalue weighted by Crippen LogP contribution is 2.29. The van der Waals surface area contributed by atoms with E-state index in [1.807, 2.05) is 0 Å². The smallest absolute Gasteiger partial charge is 0.107 e. The van der Waals surface area contributed by atoms with Gasteiger partial charge in [0.15, 0.2) is 0 Å². The summed E-state index contributed by atoms with van der Waals surface area (Å²) in [5, 5.41) is 0. The van der Waals surface area contributed by atoms with Crippen molar-refractivity contribution in [3.63, 3.8) is 0 Å². The molecule has 0 amide bonds. The summed E-state index contributed by atoms with van der Waals surface area (Å²) in [5.74, 6) is 2.05. The second-order valence-electron chi connectivity index (χ2n) is 4.71. The molecule has 1 heterocycles. The number of H-pyrrole nitrogens is 1. The van der Waals surface area contributed by atoms with E-state index >= 15 is 0 Å². The molecule has 3 rings (SSSR count). The molecule has 1 N–H and O–H groups in total. The maximum atomic E-state index is 4.62. The Morgan fingerprint density at radius 3 is 3.00 bits per heavy atom. The summed E-state index contributed by atoms with van der Waals surface area (Å²) in [5.41, 5.74) is 3.58. The van der Waals surface area contributed by atoms with Crippen LogP contribution in [-0.2, 0) is 6.42 Å². The topological polar surface area (TPSA) is 28.7 Å². The van der Waals surface area contributed by atoms with Crippen molar-refractivity contribution in [2.24, 2.45) is 5.92 Å². The zero-order chi connectivity index (χ0) is 10.3. The SMILES string of the molecule is Cc1ccc2nc(CC3CCC3)[nH]c2c1. The van der Waals surface area contributed by atoms with Crippen molar-refractivity contribution in [2.75, 3.05) is 0 Å². The summed E-state index contributed by atoms with van der Waals surface area (Å²) in [6.07, 6.45) is 5.31. The average Bonchev–Trinajstić information content (AvgIpc) is 2.53. The first-order valence-corrected chi connectivity index (χ1v) is 5.76. The Bertz CT molecular complexity index is 480. The second-order valence-corrected chi connectivity index (χ2v) is 4.71. The first-order chi connectivity index (χ1) is 7.31. The van der Waals surface area contributed by atoms with Crippen LogP contribution in [0.5, 0.6) is 0 Å². The van der Waals surface area contributed by atoms with Gasteiger partial charge in [0.2, 0.25) is 0 Å². The van der Waals surface area contributed by atoms with E-state index in [9.17, 15) is 0 Å². The van der Waals surface area contributed by atoms with Crippen molar-refractivity contribution in [1.29, 1.82) is 0 Å². The van der Waals surface area contributed by atoms with Gasteiger partial charge in [-0.25, -0.2) is 4.98 Å². The molecule has 2 heteroatoms. The minimum Gasteiger partial charge on any atom is -0.342 e. The number of nitrogens with zero attached hydrogens (tertiary/aromatic N) is 1. The number of hydrogen-bond acceptors (Lipinski definition) is 1. The Hall–Kier alpha value is -1.31. The maximum absolute atomic E-state index is 4.62. The minimum absolute atomic E-state index is 0.881. The number of fused-ring (bicyclic) bond motifs is 1. The van der Waals surface area contributed by atoms with E-state index in [2.05, 4.69) is 35.1 Å². The highest BCUT2D eigenvalue weighted by atomic mass is 14.9. The third-order valence-electron chi connectivity index (χ3n) is 3.39. The van der Waals surface area contributed by atoms with Crippen molar-refractivity contribution < 1.29 is 0 Å². The third kappa shape index (κ3) is 1.65. The van der Waals surface area contributed by atoms with E-state index in [4.69, 9.17) is 0 Å². The Morgan fingerprint density at radius 2 is 2.27 bits per heavy atom. The molecule has 2 aromatic rings. The normalized spacial score (nSPS) is 16.9. The van der Waals surface area contributed by atoms with Crippen LogP contribution in [0.1, 0.15) is 30.7 Å². The van der Waals surface area contributed by atoms with Crippen LogP contribution in [0.15, 0.2) is 18.2 Å². The van der Waals surface area contributed by atoms with E-state index in [1.165, 1.54) is 36.2 Å². The van der Waals surface area contributed by atoms with E-state index in [1.54, 1.807) is 0 Å². The molecule has 0 unspecified atom stereocenters. The van der Waals surface area contributed by atoms with Crippen molar-refractivity contribution in [2.45, 2.75) is 32.6 Å². The number of nitrogens with one attached hydrogen (secondary N) is 1. The fourth-order valence-electron chi connectivity index (χ4n) is 2.24. The second kappa shape index (κ2) is 3.37. The van der Waals surface area contributed by atoms with Crippen LogP contribution in [0.2, 0.25) is 0 Å². The van der Waals surface area contributed by atoms with Gasteiger partial charge < -0.3 is 4.98 Å². The molecule has 2 nitrogen and oxygen atoms in total. The number of rotatable bonds is 2.